The van der Waals surface area contributed by atoms with E-state index in [-0.39, 0.29) is 17.0 Å². The van der Waals surface area contributed by atoms with Crippen molar-refractivity contribution in [2.75, 3.05) is 29.8 Å². The molecule has 1 aromatic carbocycles. The van der Waals surface area contributed by atoms with Gasteiger partial charge in [0.2, 0.25) is 0 Å². The average Bonchev–Trinajstić information content (AvgIpc) is 2.52. The van der Waals surface area contributed by atoms with Crippen LogP contribution in [0.5, 0.6) is 0 Å². The molecule has 0 N–H and O–H groups in total. The topological polar surface area (TPSA) is 42.4 Å². The first-order chi connectivity index (χ1) is 10.7. The van der Waals surface area contributed by atoms with Crippen molar-refractivity contribution in [1.29, 1.82) is 0 Å². The molecule has 1 aliphatic heterocycles. The van der Waals surface area contributed by atoms with Gasteiger partial charge >= 0.3 is 6.09 Å². The Morgan fingerprint density at radius 3 is 2.82 bits per heavy atom. The van der Waals surface area contributed by atoms with E-state index in [1.807, 2.05) is 36.4 Å². The molecule has 2 heterocycles. The van der Waals surface area contributed by atoms with Crippen molar-refractivity contribution in [2.45, 2.75) is 9.79 Å². The molecule has 1 aliphatic rings. The Morgan fingerprint density at radius 2 is 2.00 bits per heavy atom. The van der Waals surface area contributed by atoms with Gasteiger partial charge in [-0.3, -0.25) is 0 Å². The van der Waals surface area contributed by atoms with Gasteiger partial charge in [0, 0.05) is 11.1 Å². The van der Waals surface area contributed by atoms with Crippen molar-refractivity contribution >= 4 is 40.3 Å². The zero-order chi connectivity index (χ0) is 15.5. The maximum atomic E-state index is 12.6. The molecule has 0 saturated heterocycles. The van der Waals surface area contributed by atoms with E-state index in [2.05, 4.69) is 17.5 Å². The number of hydrogen-bond acceptors (Lipinski definition) is 4. The fourth-order valence-electron chi connectivity index (χ4n) is 2.14. The molecule has 4 nitrogen and oxygen atoms in total. The van der Waals surface area contributed by atoms with Gasteiger partial charge in [-0.1, -0.05) is 23.9 Å². The van der Waals surface area contributed by atoms with E-state index in [1.54, 1.807) is 22.9 Å². The summed E-state index contributed by atoms with van der Waals surface area (Å²) in [6.07, 6.45) is 5.61. The van der Waals surface area contributed by atoms with E-state index in [0.717, 1.165) is 21.2 Å². The molecular formula is C16H17N2O2S2+. The van der Waals surface area contributed by atoms with Crippen LogP contribution in [-0.4, -0.2) is 35.9 Å². The number of anilines is 2. The molecule has 0 saturated carbocycles. The molecule has 22 heavy (non-hydrogen) atoms. The van der Waals surface area contributed by atoms with Crippen molar-refractivity contribution in [3.05, 3.63) is 42.6 Å². The van der Waals surface area contributed by atoms with Crippen LogP contribution in [-0.2, 0) is 15.6 Å². The van der Waals surface area contributed by atoms with Crippen molar-refractivity contribution in [3.8, 4) is 0 Å². The summed E-state index contributed by atoms with van der Waals surface area (Å²) < 4.78 is 5.45. The van der Waals surface area contributed by atoms with Crippen LogP contribution in [0.15, 0.2) is 52.4 Å². The van der Waals surface area contributed by atoms with E-state index in [0.29, 0.717) is 12.4 Å². The lowest BCUT2D eigenvalue weighted by molar-refractivity contribution is 0.163. The summed E-state index contributed by atoms with van der Waals surface area (Å²) >= 11 is 1.62. The van der Waals surface area contributed by atoms with Crippen LogP contribution in [0, 0.1) is 0 Å². The molecule has 1 amide bonds. The molecule has 0 atom stereocenters. The first-order valence-corrected chi connectivity index (χ1v) is 9.92. The van der Waals surface area contributed by atoms with Gasteiger partial charge < -0.3 is 4.74 Å². The van der Waals surface area contributed by atoms with Crippen molar-refractivity contribution < 1.29 is 9.53 Å². The van der Waals surface area contributed by atoms with Crippen LogP contribution >= 0.6 is 11.8 Å². The molecule has 0 spiro atoms. The quantitative estimate of drug-likeness (QED) is 0.803. The SMILES string of the molecule is C[S+](C)CCOC(=O)N1c2ccccc2Sc2cccnc21. The largest absolute Gasteiger partial charge is 0.444 e. The molecule has 1 aromatic heterocycles. The molecule has 0 unspecified atom stereocenters. The second-order valence-corrected chi connectivity index (χ2v) is 8.50. The van der Waals surface area contributed by atoms with Gasteiger partial charge in [-0.05, 0) is 35.2 Å². The molecule has 0 bridgehead atoms. The van der Waals surface area contributed by atoms with Gasteiger partial charge in [-0.15, -0.1) is 0 Å². The van der Waals surface area contributed by atoms with E-state index in [4.69, 9.17) is 4.74 Å². The fourth-order valence-corrected chi connectivity index (χ4v) is 3.58. The number of aromatic nitrogens is 1. The van der Waals surface area contributed by atoms with Crippen LogP contribution in [0.2, 0.25) is 0 Å². The summed E-state index contributed by atoms with van der Waals surface area (Å²) in [5.41, 5.74) is 0.829. The third-order valence-corrected chi connectivity index (χ3v) is 5.28. The minimum Gasteiger partial charge on any atom is -0.444 e. The number of para-hydroxylation sites is 1. The lowest BCUT2D eigenvalue weighted by Crippen LogP contribution is -2.31. The fraction of sp³-hybridized carbons (Fsp3) is 0.250. The smallest absolute Gasteiger partial charge is 0.420 e. The van der Waals surface area contributed by atoms with Crippen LogP contribution < -0.4 is 4.90 Å². The van der Waals surface area contributed by atoms with Crippen molar-refractivity contribution in [3.63, 3.8) is 0 Å². The number of hydrogen-bond donors (Lipinski definition) is 0. The van der Waals surface area contributed by atoms with Gasteiger partial charge in [0.05, 0.1) is 23.1 Å². The number of carbonyl (C=O) groups is 1. The number of rotatable bonds is 3. The third-order valence-electron chi connectivity index (χ3n) is 3.19. The van der Waals surface area contributed by atoms with E-state index >= 15 is 0 Å². The third kappa shape index (κ3) is 3.08. The van der Waals surface area contributed by atoms with Crippen LogP contribution in [0.25, 0.3) is 0 Å². The summed E-state index contributed by atoms with van der Waals surface area (Å²) in [7, 11) is 0.257. The number of carbonyl (C=O) groups excluding carboxylic acids is 1. The highest BCUT2D eigenvalue weighted by Crippen LogP contribution is 2.46. The van der Waals surface area contributed by atoms with E-state index in [9.17, 15) is 4.79 Å². The number of pyridine rings is 1. The first kappa shape index (κ1) is 15.2. The highest BCUT2D eigenvalue weighted by molar-refractivity contribution is 7.99. The molecular weight excluding hydrogens is 316 g/mol. The number of fused-ring (bicyclic) bond motifs is 2. The van der Waals surface area contributed by atoms with Crippen LogP contribution in [0.3, 0.4) is 0 Å². The Morgan fingerprint density at radius 1 is 1.23 bits per heavy atom. The van der Waals surface area contributed by atoms with Gasteiger partial charge in [0.1, 0.15) is 12.4 Å². The molecule has 0 radical (unpaired) electrons. The van der Waals surface area contributed by atoms with E-state index in [1.165, 1.54) is 0 Å². The van der Waals surface area contributed by atoms with Crippen molar-refractivity contribution in [1.82, 2.24) is 4.98 Å². The highest BCUT2D eigenvalue weighted by Gasteiger charge is 2.30. The molecule has 0 aliphatic carbocycles. The summed E-state index contributed by atoms with van der Waals surface area (Å²) in [5, 5.41) is 0. The predicted octanol–water partition coefficient (Wildman–Crippen LogP) is 3.70. The average molecular weight is 333 g/mol. The Bertz CT molecular complexity index is 646. The van der Waals surface area contributed by atoms with Gasteiger partial charge in [-0.2, -0.15) is 0 Å². The Kier molecular flexibility index (Phi) is 4.59. The molecule has 2 aromatic rings. The monoisotopic (exact) mass is 333 g/mol. The summed E-state index contributed by atoms with van der Waals surface area (Å²) in [5.74, 6) is 1.52. The van der Waals surface area contributed by atoms with Gasteiger partial charge in [0.15, 0.2) is 5.82 Å². The van der Waals surface area contributed by atoms with E-state index < -0.39 is 0 Å². The highest BCUT2D eigenvalue weighted by atomic mass is 32.2. The Labute approximate surface area is 137 Å². The molecule has 6 heteroatoms. The lowest BCUT2D eigenvalue weighted by Gasteiger charge is -2.28. The second-order valence-electron chi connectivity index (χ2n) is 5.03. The zero-order valence-corrected chi connectivity index (χ0v) is 14.1. The predicted molar refractivity (Wildman–Crippen MR) is 92.4 cm³/mol. The maximum absolute atomic E-state index is 12.6. The first-order valence-electron chi connectivity index (χ1n) is 6.90. The zero-order valence-electron chi connectivity index (χ0n) is 12.5. The molecule has 3 rings (SSSR count). The summed E-state index contributed by atoms with van der Waals surface area (Å²) in [6.45, 7) is 0.433. The van der Waals surface area contributed by atoms with Crippen LogP contribution in [0.1, 0.15) is 0 Å². The minimum absolute atomic E-state index is 0.257. The lowest BCUT2D eigenvalue weighted by atomic mass is 10.2. The number of amides is 1. The van der Waals surface area contributed by atoms with Crippen LogP contribution in [0.4, 0.5) is 16.3 Å². The van der Waals surface area contributed by atoms with Crippen molar-refractivity contribution in [2.24, 2.45) is 0 Å². The second kappa shape index (κ2) is 6.62. The standard InChI is InChI=1S/C16H17N2O2S2/c1-22(2)11-10-20-16(19)18-12-6-3-4-7-13(12)21-14-8-5-9-17-15(14)18/h3-9H,10-11H2,1-2H3/q+1. The van der Waals surface area contributed by atoms with Gasteiger partial charge in [0.25, 0.3) is 0 Å². The number of ether oxygens (including phenoxy) is 1. The normalized spacial score (nSPS) is 12.8. The number of benzene rings is 1. The summed E-state index contributed by atoms with van der Waals surface area (Å²) in [4.78, 5) is 20.5. The summed E-state index contributed by atoms with van der Waals surface area (Å²) in [6, 6.07) is 11.7. The minimum atomic E-state index is -0.363. The number of nitrogens with zero attached hydrogens (tertiary/aromatic N) is 2. The van der Waals surface area contributed by atoms with Gasteiger partial charge in [-0.25, -0.2) is 14.7 Å². The maximum Gasteiger partial charge on any atom is 0.420 e. The Hall–Kier alpha value is -1.66. The molecule has 114 valence electrons. The Balaban J connectivity index is 1.91. The molecule has 0 fully saturated rings.